The predicted octanol–water partition coefficient (Wildman–Crippen LogP) is 3.49. The van der Waals surface area contributed by atoms with Gasteiger partial charge in [-0.2, -0.15) is 0 Å². The fourth-order valence-electron chi connectivity index (χ4n) is 3.80. The number of esters is 1. The highest BCUT2D eigenvalue weighted by atomic mass is 16.5. The highest BCUT2D eigenvalue weighted by Gasteiger charge is 2.29. The summed E-state index contributed by atoms with van der Waals surface area (Å²) in [6.07, 6.45) is 5.22. The fourth-order valence-corrected chi connectivity index (χ4v) is 3.80. The molecule has 3 rings (SSSR count). The van der Waals surface area contributed by atoms with E-state index >= 15 is 0 Å². The molecule has 3 atom stereocenters. The first-order chi connectivity index (χ1) is 11.4. The third-order valence-corrected chi connectivity index (χ3v) is 5.53. The van der Waals surface area contributed by atoms with Gasteiger partial charge in [0.05, 0.1) is 29.3 Å². The van der Waals surface area contributed by atoms with Gasteiger partial charge < -0.3 is 9.30 Å². The van der Waals surface area contributed by atoms with Gasteiger partial charge in [-0.3, -0.25) is 9.78 Å². The fraction of sp³-hybridized carbons (Fsp3) is 0.526. The molecule has 1 aliphatic rings. The summed E-state index contributed by atoms with van der Waals surface area (Å²) in [5.41, 5.74) is 1.48. The number of fused-ring (bicyclic) bond motifs is 1. The number of pyridine rings is 2. The van der Waals surface area contributed by atoms with Crippen LogP contribution in [0.1, 0.15) is 55.2 Å². The Labute approximate surface area is 141 Å². The molecule has 0 aromatic carbocycles. The van der Waals surface area contributed by atoms with Crippen LogP contribution in [0.4, 0.5) is 0 Å². The molecule has 1 aliphatic carbocycles. The third kappa shape index (κ3) is 2.72. The maximum Gasteiger partial charge on any atom is 0.339 e. The molecule has 2 aromatic rings. The Hall–Kier alpha value is -2.17. The van der Waals surface area contributed by atoms with Crippen LogP contribution < -0.4 is 5.56 Å². The SMILES string of the molecule is COC(=O)c1cc2c(=O)n(C3CCCC(C)C3C)ccc2nc1C. The van der Waals surface area contributed by atoms with Crippen molar-refractivity contribution in [1.82, 2.24) is 9.55 Å². The van der Waals surface area contributed by atoms with E-state index in [2.05, 4.69) is 18.8 Å². The molecule has 0 amide bonds. The maximum absolute atomic E-state index is 13.0. The molecular formula is C19H24N2O3. The Kier molecular flexibility index (Phi) is 4.43. The first-order valence-corrected chi connectivity index (χ1v) is 8.55. The minimum atomic E-state index is -0.462. The molecule has 24 heavy (non-hydrogen) atoms. The number of aryl methyl sites for hydroxylation is 1. The van der Waals surface area contributed by atoms with Crippen molar-refractivity contribution in [3.63, 3.8) is 0 Å². The van der Waals surface area contributed by atoms with Gasteiger partial charge in [-0.15, -0.1) is 0 Å². The van der Waals surface area contributed by atoms with E-state index in [0.717, 1.165) is 12.8 Å². The van der Waals surface area contributed by atoms with Crippen LogP contribution in [0, 0.1) is 18.8 Å². The summed E-state index contributed by atoms with van der Waals surface area (Å²) in [7, 11) is 1.33. The number of methoxy groups -OCH3 is 1. The normalized spacial score (nSPS) is 24.1. The van der Waals surface area contributed by atoms with Crippen molar-refractivity contribution < 1.29 is 9.53 Å². The van der Waals surface area contributed by atoms with Gasteiger partial charge in [-0.25, -0.2) is 4.79 Å². The smallest absolute Gasteiger partial charge is 0.339 e. The Morgan fingerprint density at radius 1 is 1.33 bits per heavy atom. The van der Waals surface area contributed by atoms with Gasteiger partial charge in [-0.05, 0) is 37.3 Å². The number of aromatic nitrogens is 2. The van der Waals surface area contributed by atoms with Crippen molar-refractivity contribution in [3.05, 3.63) is 39.9 Å². The summed E-state index contributed by atoms with van der Waals surface area (Å²) in [4.78, 5) is 29.3. The van der Waals surface area contributed by atoms with Crippen LogP contribution in [0.15, 0.2) is 23.1 Å². The Balaban J connectivity index is 2.15. The van der Waals surface area contributed by atoms with Crippen molar-refractivity contribution in [2.45, 2.75) is 46.1 Å². The molecule has 5 heteroatoms. The number of hydrogen-bond acceptors (Lipinski definition) is 4. The van der Waals surface area contributed by atoms with Gasteiger partial charge in [0.15, 0.2) is 0 Å². The van der Waals surface area contributed by atoms with Crippen LogP contribution in [0.25, 0.3) is 10.9 Å². The molecular weight excluding hydrogens is 304 g/mol. The molecule has 1 saturated carbocycles. The van der Waals surface area contributed by atoms with Crippen LogP contribution in [0.5, 0.6) is 0 Å². The summed E-state index contributed by atoms with van der Waals surface area (Å²) in [6, 6.07) is 3.70. The van der Waals surface area contributed by atoms with Crippen LogP contribution in [0.2, 0.25) is 0 Å². The molecule has 0 aliphatic heterocycles. The van der Waals surface area contributed by atoms with Crippen LogP contribution in [0.3, 0.4) is 0 Å². The van der Waals surface area contributed by atoms with E-state index in [0.29, 0.717) is 34.0 Å². The summed E-state index contributed by atoms with van der Waals surface area (Å²) in [5.74, 6) is 0.594. The molecule has 1 fully saturated rings. The lowest BCUT2D eigenvalue weighted by molar-refractivity contribution is 0.0599. The second kappa shape index (κ2) is 6.38. The van der Waals surface area contributed by atoms with Gasteiger partial charge in [0.25, 0.3) is 5.56 Å². The molecule has 5 nitrogen and oxygen atoms in total. The van der Waals surface area contributed by atoms with Crippen molar-refractivity contribution in [1.29, 1.82) is 0 Å². The van der Waals surface area contributed by atoms with Crippen molar-refractivity contribution in [2.75, 3.05) is 7.11 Å². The topological polar surface area (TPSA) is 61.2 Å². The minimum Gasteiger partial charge on any atom is -0.465 e. The molecule has 3 unspecified atom stereocenters. The van der Waals surface area contributed by atoms with Gasteiger partial charge in [0, 0.05) is 12.2 Å². The number of nitrogens with zero attached hydrogens (tertiary/aromatic N) is 2. The van der Waals surface area contributed by atoms with Crippen molar-refractivity contribution in [2.24, 2.45) is 11.8 Å². The Morgan fingerprint density at radius 3 is 2.79 bits per heavy atom. The number of carbonyl (C=O) groups excluding carboxylic acids is 1. The zero-order chi connectivity index (χ0) is 17.4. The second-order valence-electron chi connectivity index (χ2n) is 6.91. The monoisotopic (exact) mass is 328 g/mol. The highest BCUT2D eigenvalue weighted by molar-refractivity contribution is 5.94. The lowest BCUT2D eigenvalue weighted by atomic mass is 9.78. The molecule has 0 saturated heterocycles. The standard InChI is InChI=1S/C19H24N2O3/c1-11-6-5-7-17(12(11)2)21-9-8-16-15(18(21)22)10-14(13(3)20-16)19(23)24-4/h8-12,17H,5-7H2,1-4H3. The average molecular weight is 328 g/mol. The first-order valence-electron chi connectivity index (χ1n) is 8.55. The zero-order valence-corrected chi connectivity index (χ0v) is 14.7. The van der Waals surface area contributed by atoms with Crippen LogP contribution in [-0.4, -0.2) is 22.6 Å². The third-order valence-electron chi connectivity index (χ3n) is 5.53. The van der Waals surface area contributed by atoms with E-state index < -0.39 is 5.97 Å². The second-order valence-corrected chi connectivity index (χ2v) is 6.91. The Morgan fingerprint density at radius 2 is 2.08 bits per heavy atom. The molecule has 0 bridgehead atoms. The van der Waals surface area contributed by atoms with Crippen molar-refractivity contribution >= 4 is 16.9 Å². The molecule has 2 heterocycles. The minimum absolute atomic E-state index is 0.0731. The Bertz CT molecular complexity index is 840. The van der Waals surface area contributed by atoms with Gasteiger partial charge in [-0.1, -0.05) is 26.7 Å². The molecule has 0 radical (unpaired) electrons. The molecule has 0 N–H and O–H groups in total. The van der Waals surface area contributed by atoms with E-state index in [-0.39, 0.29) is 11.6 Å². The number of ether oxygens (including phenoxy) is 1. The zero-order valence-electron chi connectivity index (χ0n) is 14.7. The van der Waals surface area contributed by atoms with E-state index in [4.69, 9.17) is 4.74 Å². The summed E-state index contributed by atoms with van der Waals surface area (Å²) in [6.45, 7) is 6.23. The quantitative estimate of drug-likeness (QED) is 0.792. The number of hydrogen-bond donors (Lipinski definition) is 0. The average Bonchev–Trinajstić information content (AvgIpc) is 2.57. The highest BCUT2D eigenvalue weighted by Crippen LogP contribution is 2.37. The van der Waals surface area contributed by atoms with Gasteiger partial charge in [0.2, 0.25) is 0 Å². The van der Waals surface area contributed by atoms with E-state index in [1.54, 1.807) is 13.0 Å². The summed E-state index contributed by atoms with van der Waals surface area (Å²) in [5, 5.41) is 0.480. The predicted molar refractivity (Wildman–Crippen MR) is 93.3 cm³/mol. The molecule has 0 spiro atoms. The lowest BCUT2D eigenvalue weighted by Gasteiger charge is -2.35. The van der Waals surface area contributed by atoms with E-state index in [1.165, 1.54) is 13.5 Å². The van der Waals surface area contributed by atoms with E-state index in [9.17, 15) is 9.59 Å². The van der Waals surface area contributed by atoms with Crippen molar-refractivity contribution in [3.8, 4) is 0 Å². The molecule has 2 aromatic heterocycles. The molecule has 128 valence electrons. The largest absolute Gasteiger partial charge is 0.465 e. The van der Waals surface area contributed by atoms with Crippen LogP contribution >= 0.6 is 0 Å². The van der Waals surface area contributed by atoms with Gasteiger partial charge in [0.1, 0.15) is 0 Å². The lowest BCUT2D eigenvalue weighted by Crippen LogP contribution is -2.33. The number of carbonyl (C=O) groups is 1. The van der Waals surface area contributed by atoms with Crippen LogP contribution in [-0.2, 0) is 4.74 Å². The number of rotatable bonds is 2. The van der Waals surface area contributed by atoms with Gasteiger partial charge >= 0.3 is 5.97 Å². The summed E-state index contributed by atoms with van der Waals surface area (Å²) >= 11 is 0. The first kappa shape index (κ1) is 16.7. The maximum atomic E-state index is 13.0. The van der Waals surface area contributed by atoms with E-state index in [1.807, 2.05) is 16.8 Å². The summed E-state index contributed by atoms with van der Waals surface area (Å²) < 4.78 is 6.63.